The van der Waals surface area contributed by atoms with Crippen LogP contribution in [0.25, 0.3) is 0 Å². The van der Waals surface area contributed by atoms with Crippen LogP contribution in [0, 0.1) is 11.3 Å². The fourth-order valence-corrected chi connectivity index (χ4v) is 5.27. The molecule has 9 nitrogen and oxygen atoms in total. The number of rotatable bonds is 7. The predicted molar refractivity (Wildman–Crippen MR) is 128 cm³/mol. The molecule has 0 fully saturated rings. The van der Waals surface area contributed by atoms with Crippen LogP contribution < -0.4 is 16.6 Å². The number of fused-ring (bicyclic) bond motifs is 1. The van der Waals surface area contributed by atoms with Crippen LogP contribution in [0.1, 0.15) is 34.4 Å². The summed E-state index contributed by atoms with van der Waals surface area (Å²) < 4.78 is 1.22. The minimum absolute atomic E-state index is 0.0802. The first kappa shape index (κ1) is 22.1. The van der Waals surface area contributed by atoms with Crippen molar-refractivity contribution in [2.45, 2.75) is 30.8 Å². The van der Waals surface area contributed by atoms with E-state index in [1.807, 2.05) is 12.1 Å². The number of carbonyl (C=O) groups is 1. The van der Waals surface area contributed by atoms with Gasteiger partial charge in [-0.2, -0.15) is 10.4 Å². The molecule has 0 atom stereocenters. The minimum atomic E-state index is -0.233. The molecule has 32 heavy (non-hydrogen) atoms. The molecular formula is C20H19ClN8OS2. The maximum absolute atomic E-state index is 12.5. The van der Waals surface area contributed by atoms with Gasteiger partial charge >= 0.3 is 0 Å². The zero-order valence-corrected chi connectivity index (χ0v) is 19.2. The first-order valence-electron chi connectivity index (χ1n) is 9.77. The standard InChI is InChI=1S/C20H19ClN8OS2/c21-13-7-5-12(6-8-13)10-24-26-19-27-28-20(29(19)23)31-11-17(30)25-18-15(9-22)14-3-1-2-4-16(14)32-18/h5-8,10H,1-4,11,23H2,(H,25,30)(H,26,27)/b24-10+. The number of nitrogens with one attached hydrogen (secondary N) is 2. The number of nitrogen functional groups attached to an aromatic ring is 1. The Hall–Kier alpha value is -3.07. The average molecular weight is 487 g/mol. The van der Waals surface area contributed by atoms with Gasteiger partial charge in [0.05, 0.1) is 17.5 Å². The topological polar surface area (TPSA) is 134 Å². The molecule has 0 spiro atoms. The minimum Gasteiger partial charge on any atom is -0.334 e. The van der Waals surface area contributed by atoms with Gasteiger partial charge in [-0.05, 0) is 48.9 Å². The van der Waals surface area contributed by atoms with Crippen molar-refractivity contribution in [1.29, 1.82) is 5.26 Å². The number of anilines is 2. The summed E-state index contributed by atoms with van der Waals surface area (Å²) in [6, 6.07) is 9.41. The average Bonchev–Trinajstić information content (AvgIpc) is 3.33. The fraction of sp³-hybridized carbons (Fsp3) is 0.250. The lowest BCUT2D eigenvalue weighted by Crippen LogP contribution is -2.17. The van der Waals surface area contributed by atoms with E-state index < -0.39 is 0 Å². The van der Waals surface area contributed by atoms with Crippen molar-refractivity contribution in [3.8, 4) is 6.07 Å². The number of thiophene rings is 1. The molecule has 1 aromatic carbocycles. The molecule has 0 unspecified atom stereocenters. The molecule has 2 heterocycles. The molecule has 0 bridgehead atoms. The Balaban J connectivity index is 1.33. The third kappa shape index (κ3) is 5.04. The van der Waals surface area contributed by atoms with Crippen molar-refractivity contribution in [2.75, 3.05) is 22.3 Å². The van der Waals surface area contributed by atoms with Gasteiger partial charge in [0.2, 0.25) is 11.1 Å². The van der Waals surface area contributed by atoms with Crippen molar-refractivity contribution in [1.82, 2.24) is 14.9 Å². The molecule has 1 amide bonds. The molecule has 0 saturated carbocycles. The van der Waals surface area contributed by atoms with Crippen LogP contribution >= 0.6 is 34.7 Å². The highest BCUT2D eigenvalue weighted by molar-refractivity contribution is 7.99. The number of halogens is 1. The number of nitrogens with zero attached hydrogens (tertiary/aromatic N) is 5. The largest absolute Gasteiger partial charge is 0.334 e. The first-order valence-corrected chi connectivity index (χ1v) is 12.0. The molecule has 4 N–H and O–H groups in total. The van der Waals surface area contributed by atoms with Crippen LogP contribution in [0.2, 0.25) is 5.02 Å². The molecule has 0 aliphatic heterocycles. The number of carbonyl (C=O) groups excluding carboxylic acids is 1. The van der Waals surface area contributed by atoms with E-state index in [2.05, 4.69) is 32.1 Å². The Bertz CT molecular complexity index is 1200. The highest BCUT2D eigenvalue weighted by Gasteiger charge is 2.22. The number of hydrogen-bond acceptors (Lipinski definition) is 9. The Morgan fingerprint density at radius 3 is 2.91 bits per heavy atom. The fourth-order valence-electron chi connectivity index (χ4n) is 3.23. The maximum atomic E-state index is 12.5. The van der Waals surface area contributed by atoms with Gasteiger partial charge in [-0.15, -0.1) is 21.5 Å². The molecule has 164 valence electrons. The number of thioether (sulfide) groups is 1. The van der Waals surface area contributed by atoms with Crippen LogP contribution in [0.3, 0.4) is 0 Å². The van der Waals surface area contributed by atoms with E-state index in [0.29, 0.717) is 20.7 Å². The lowest BCUT2D eigenvalue weighted by molar-refractivity contribution is -0.113. The first-order chi connectivity index (χ1) is 15.5. The number of aryl methyl sites for hydroxylation is 1. The summed E-state index contributed by atoms with van der Waals surface area (Å²) >= 11 is 8.50. The summed E-state index contributed by atoms with van der Waals surface area (Å²) in [5.41, 5.74) is 5.25. The second kappa shape index (κ2) is 10.0. The van der Waals surface area contributed by atoms with Gasteiger partial charge < -0.3 is 11.2 Å². The van der Waals surface area contributed by atoms with Crippen molar-refractivity contribution in [3.05, 3.63) is 50.9 Å². The van der Waals surface area contributed by atoms with E-state index in [-0.39, 0.29) is 17.6 Å². The van der Waals surface area contributed by atoms with E-state index in [9.17, 15) is 10.1 Å². The zero-order valence-electron chi connectivity index (χ0n) is 16.8. The van der Waals surface area contributed by atoms with Gasteiger partial charge in [0.25, 0.3) is 5.95 Å². The van der Waals surface area contributed by atoms with Gasteiger partial charge in [-0.25, -0.2) is 10.1 Å². The van der Waals surface area contributed by atoms with Crippen molar-refractivity contribution < 1.29 is 4.79 Å². The van der Waals surface area contributed by atoms with Crippen molar-refractivity contribution in [3.63, 3.8) is 0 Å². The van der Waals surface area contributed by atoms with Crippen LogP contribution in [-0.4, -0.2) is 32.7 Å². The monoisotopic (exact) mass is 486 g/mol. The van der Waals surface area contributed by atoms with Crippen molar-refractivity contribution >= 4 is 57.8 Å². The summed E-state index contributed by atoms with van der Waals surface area (Å²) in [6.45, 7) is 0. The number of hydrogen-bond donors (Lipinski definition) is 3. The second-order valence-corrected chi connectivity index (χ2v) is 9.45. The number of nitriles is 1. The van der Waals surface area contributed by atoms with Crippen LogP contribution in [0.15, 0.2) is 34.5 Å². The predicted octanol–water partition coefficient (Wildman–Crippen LogP) is 3.63. The lowest BCUT2D eigenvalue weighted by Gasteiger charge is -2.09. The smallest absolute Gasteiger partial charge is 0.264 e. The summed E-state index contributed by atoms with van der Waals surface area (Å²) in [7, 11) is 0. The summed E-state index contributed by atoms with van der Waals surface area (Å²) in [5.74, 6) is 6.08. The molecule has 0 saturated heterocycles. The highest BCUT2D eigenvalue weighted by atomic mass is 35.5. The molecule has 0 radical (unpaired) electrons. The number of nitrogens with two attached hydrogens (primary N) is 1. The van der Waals surface area contributed by atoms with Crippen LogP contribution in [0.5, 0.6) is 0 Å². The van der Waals surface area contributed by atoms with Crippen molar-refractivity contribution in [2.24, 2.45) is 5.10 Å². The Labute approximate surface area is 197 Å². The van der Waals surface area contributed by atoms with E-state index in [1.54, 1.807) is 18.3 Å². The summed E-state index contributed by atoms with van der Waals surface area (Å²) in [5, 5.41) is 26.0. The number of hydrazone groups is 1. The Morgan fingerprint density at radius 1 is 1.34 bits per heavy atom. The zero-order chi connectivity index (χ0) is 22.5. The molecule has 3 aromatic rings. The summed E-state index contributed by atoms with van der Waals surface area (Å²) in [4.78, 5) is 13.7. The van der Waals surface area contributed by atoms with E-state index >= 15 is 0 Å². The van der Waals surface area contributed by atoms with E-state index in [4.69, 9.17) is 17.4 Å². The molecule has 1 aliphatic carbocycles. The molecule has 1 aliphatic rings. The highest BCUT2D eigenvalue weighted by Crippen LogP contribution is 2.37. The maximum Gasteiger partial charge on any atom is 0.264 e. The third-order valence-electron chi connectivity index (χ3n) is 4.78. The van der Waals surface area contributed by atoms with Gasteiger partial charge in [-0.3, -0.25) is 4.79 Å². The third-order valence-corrected chi connectivity index (χ3v) is 7.18. The second-order valence-electron chi connectivity index (χ2n) is 6.96. The quantitative estimate of drug-likeness (QED) is 0.201. The summed E-state index contributed by atoms with van der Waals surface area (Å²) in [6.07, 6.45) is 5.65. The Morgan fingerprint density at radius 2 is 2.12 bits per heavy atom. The lowest BCUT2D eigenvalue weighted by atomic mass is 9.96. The van der Waals surface area contributed by atoms with Gasteiger partial charge in [0.15, 0.2) is 0 Å². The molecular weight excluding hydrogens is 468 g/mol. The molecule has 12 heteroatoms. The van der Waals surface area contributed by atoms with Gasteiger partial charge in [0.1, 0.15) is 11.1 Å². The SMILES string of the molecule is N#Cc1c(NC(=O)CSc2nnc(N/N=C/c3ccc(Cl)cc3)n2N)sc2c1CCCC2. The normalized spacial score (nSPS) is 13.0. The number of aromatic nitrogens is 3. The molecule has 4 rings (SSSR count). The van der Waals surface area contributed by atoms with E-state index in [1.165, 1.54) is 20.9 Å². The van der Waals surface area contributed by atoms with E-state index in [0.717, 1.165) is 48.6 Å². The van der Waals surface area contributed by atoms with Gasteiger partial charge in [0, 0.05) is 9.90 Å². The Kier molecular flexibility index (Phi) is 6.94. The molecule has 2 aromatic heterocycles. The van der Waals surface area contributed by atoms with Crippen LogP contribution in [0.4, 0.5) is 10.9 Å². The number of amides is 1. The van der Waals surface area contributed by atoms with Gasteiger partial charge in [-0.1, -0.05) is 35.5 Å². The number of benzene rings is 1. The van der Waals surface area contributed by atoms with Crippen LogP contribution in [-0.2, 0) is 17.6 Å².